The van der Waals surface area contributed by atoms with Gasteiger partial charge < -0.3 is 9.47 Å². The Bertz CT molecular complexity index is 2570. The summed E-state index contributed by atoms with van der Waals surface area (Å²) in [4.78, 5) is 66.5. The molecule has 0 spiro atoms. The fourth-order valence-corrected chi connectivity index (χ4v) is 11.0. The van der Waals surface area contributed by atoms with Gasteiger partial charge in [-0.25, -0.2) is 9.97 Å². The zero-order valence-electron chi connectivity index (χ0n) is 31.5. The van der Waals surface area contributed by atoms with E-state index in [0.29, 0.717) is 48.1 Å². The van der Waals surface area contributed by atoms with Crippen molar-refractivity contribution in [2.24, 2.45) is 0 Å². The molecule has 7 heterocycles. The molecule has 10 nitrogen and oxygen atoms in total. The lowest BCUT2D eigenvalue weighted by atomic mass is 10.0. The maximum Gasteiger partial charge on any atom is 0.306 e. The summed E-state index contributed by atoms with van der Waals surface area (Å²) < 4.78 is 16.0. The van der Waals surface area contributed by atoms with Gasteiger partial charge in [0.25, 0.3) is 11.1 Å². The number of aryl methyl sites for hydroxylation is 2. The molecular formula is C42H46N4O6S3. The smallest absolute Gasteiger partial charge is 0.306 e. The summed E-state index contributed by atoms with van der Waals surface area (Å²) in [5.41, 5.74) is 2.24. The van der Waals surface area contributed by atoms with Gasteiger partial charge in [-0.1, -0.05) is 78.1 Å². The minimum absolute atomic E-state index is 0.180. The first-order valence-corrected chi connectivity index (χ1v) is 22.4. The van der Waals surface area contributed by atoms with Crippen molar-refractivity contribution in [1.29, 1.82) is 0 Å². The number of unbranched alkanes of at least 4 members (excludes halogenated alkanes) is 10. The number of hydrogen-bond donors (Lipinski definition) is 0. The third-order valence-corrected chi connectivity index (χ3v) is 14.0. The zero-order valence-corrected chi connectivity index (χ0v) is 33.9. The SMILES string of the molecule is CCCCCCCCOC(=O)CCc1cc2c(nc3c4sc5c6c(ccc(c(=O)n23)c46)c(=O)n2c3cc(CCC(=O)OCCCCCCCC)sc3nc52)s1. The molecule has 0 aliphatic heterocycles. The Morgan fingerprint density at radius 3 is 1.45 bits per heavy atom. The van der Waals surface area contributed by atoms with Gasteiger partial charge in [0.2, 0.25) is 0 Å². The second-order valence-corrected chi connectivity index (χ2v) is 17.9. The molecule has 1 aromatic carbocycles. The lowest BCUT2D eigenvalue weighted by Crippen LogP contribution is -2.15. The summed E-state index contributed by atoms with van der Waals surface area (Å²) in [6.07, 6.45) is 15.3. The van der Waals surface area contributed by atoms with Crippen LogP contribution in [-0.4, -0.2) is 43.9 Å². The number of hydrogen-bond acceptors (Lipinski definition) is 11. The first kappa shape index (κ1) is 37.7. The molecule has 0 amide bonds. The number of benzene rings is 1. The highest BCUT2D eigenvalue weighted by Gasteiger charge is 2.26. The second kappa shape index (κ2) is 16.5. The van der Waals surface area contributed by atoms with Crippen molar-refractivity contribution >= 4 is 109 Å². The largest absolute Gasteiger partial charge is 0.466 e. The minimum Gasteiger partial charge on any atom is -0.466 e. The lowest BCUT2D eigenvalue weighted by Gasteiger charge is -2.05. The van der Waals surface area contributed by atoms with E-state index in [1.54, 1.807) is 20.9 Å². The number of esters is 2. The Morgan fingerprint density at radius 1 is 0.600 bits per heavy atom. The van der Waals surface area contributed by atoms with Crippen LogP contribution in [0.5, 0.6) is 0 Å². The number of thiophene rings is 3. The van der Waals surface area contributed by atoms with E-state index in [1.165, 1.54) is 85.4 Å². The van der Waals surface area contributed by atoms with Crippen molar-refractivity contribution in [3.63, 3.8) is 0 Å². The Balaban J connectivity index is 1.02. The van der Waals surface area contributed by atoms with Gasteiger partial charge >= 0.3 is 11.9 Å². The first-order chi connectivity index (χ1) is 26.9. The highest BCUT2D eigenvalue weighted by atomic mass is 32.1. The van der Waals surface area contributed by atoms with Gasteiger partial charge in [-0.05, 0) is 49.9 Å². The Labute approximate surface area is 329 Å². The number of imidazole rings is 2. The monoisotopic (exact) mass is 798 g/mol. The van der Waals surface area contributed by atoms with E-state index >= 15 is 0 Å². The molecule has 7 aromatic heterocycles. The van der Waals surface area contributed by atoms with Gasteiger partial charge in [-0.3, -0.25) is 28.0 Å². The van der Waals surface area contributed by atoms with E-state index in [2.05, 4.69) is 13.8 Å². The van der Waals surface area contributed by atoms with E-state index in [4.69, 9.17) is 19.4 Å². The molecule has 0 saturated carbocycles. The van der Waals surface area contributed by atoms with Crippen LogP contribution in [0.2, 0.25) is 0 Å². The average molecular weight is 799 g/mol. The van der Waals surface area contributed by atoms with Crippen molar-refractivity contribution < 1.29 is 19.1 Å². The van der Waals surface area contributed by atoms with Gasteiger partial charge in [0.05, 0.1) is 46.5 Å². The van der Waals surface area contributed by atoms with Crippen molar-refractivity contribution in [2.45, 2.75) is 117 Å². The second-order valence-electron chi connectivity index (χ2n) is 14.6. The van der Waals surface area contributed by atoms with Crippen LogP contribution in [0.4, 0.5) is 0 Å². The number of carbonyl (C=O) groups excluding carboxylic acids is 2. The fourth-order valence-electron chi connectivity index (χ4n) is 7.73. The predicted octanol–water partition coefficient (Wildman–Crippen LogP) is 10.2. The van der Waals surface area contributed by atoms with Gasteiger partial charge in [0.1, 0.15) is 9.66 Å². The van der Waals surface area contributed by atoms with Crippen LogP contribution in [0, 0.1) is 0 Å². The summed E-state index contributed by atoms with van der Waals surface area (Å²) in [5, 5.41) is 2.59. The third-order valence-electron chi connectivity index (χ3n) is 10.6. The quantitative estimate of drug-likeness (QED) is 0.0424. The molecule has 0 bridgehead atoms. The van der Waals surface area contributed by atoms with Crippen LogP contribution < -0.4 is 11.1 Å². The van der Waals surface area contributed by atoms with Crippen molar-refractivity contribution in [1.82, 2.24) is 18.8 Å². The Hall–Kier alpha value is -4.20. The third kappa shape index (κ3) is 7.31. The van der Waals surface area contributed by atoms with E-state index in [-0.39, 0.29) is 35.9 Å². The van der Waals surface area contributed by atoms with Crippen LogP contribution in [-0.2, 0) is 31.9 Å². The lowest BCUT2D eigenvalue weighted by molar-refractivity contribution is -0.144. The maximum atomic E-state index is 14.1. The summed E-state index contributed by atoms with van der Waals surface area (Å²) in [6, 6.07) is 7.45. The number of pyridine rings is 2. The molecule has 0 unspecified atom stereocenters. The van der Waals surface area contributed by atoms with E-state index in [9.17, 15) is 19.2 Å². The molecule has 8 rings (SSSR count). The van der Waals surface area contributed by atoms with Crippen molar-refractivity contribution in [3.05, 3.63) is 54.7 Å². The molecule has 0 N–H and O–H groups in total. The number of ether oxygens (including phenoxy) is 2. The van der Waals surface area contributed by atoms with Gasteiger partial charge in [-0.15, -0.1) is 34.0 Å². The van der Waals surface area contributed by atoms with E-state index in [1.807, 2.05) is 12.1 Å². The van der Waals surface area contributed by atoms with Crippen LogP contribution in [0.3, 0.4) is 0 Å². The number of aromatic nitrogens is 4. The topological polar surface area (TPSA) is 121 Å². The van der Waals surface area contributed by atoms with Gasteiger partial charge in [0.15, 0.2) is 11.3 Å². The van der Waals surface area contributed by atoms with Crippen LogP contribution in [0.25, 0.3) is 62.9 Å². The normalized spacial score (nSPS) is 12.3. The first-order valence-electron chi connectivity index (χ1n) is 19.9. The van der Waals surface area contributed by atoms with Crippen LogP contribution >= 0.6 is 34.0 Å². The van der Waals surface area contributed by atoms with Gasteiger partial charge in [0, 0.05) is 31.3 Å². The van der Waals surface area contributed by atoms with Crippen molar-refractivity contribution in [2.75, 3.05) is 13.2 Å². The van der Waals surface area contributed by atoms with Gasteiger partial charge in [-0.2, -0.15) is 0 Å². The molecule has 13 heteroatoms. The highest BCUT2D eigenvalue weighted by molar-refractivity contribution is 7.27. The van der Waals surface area contributed by atoms with Crippen LogP contribution in [0.1, 0.15) is 113 Å². The Morgan fingerprint density at radius 2 is 1.02 bits per heavy atom. The molecule has 0 atom stereocenters. The average Bonchev–Trinajstić information content (AvgIpc) is 3.99. The summed E-state index contributed by atoms with van der Waals surface area (Å²) >= 11 is 4.50. The number of fused-ring (bicyclic) bond motifs is 8. The number of carbonyl (C=O) groups is 2. The zero-order chi connectivity index (χ0) is 38.1. The maximum absolute atomic E-state index is 14.1. The fraction of sp³-hybridized carbons (Fsp3) is 0.476. The molecule has 288 valence electrons. The standard InChI is InChI=1S/C42H46N4O6S3/c1-3-5-7-9-11-13-21-51-31(47)19-15-25-23-29-39(53-25)43-37-35-33-27(41(49)45(29)37)17-18-28-34(33)36(55-35)38-44-40-30(46(38)42(28)50)24-26(54-40)16-20-32(48)52-22-14-12-10-8-6-4-2/h17-18,23-24H,3-16,19-22H2,1-2H3. The Kier molecular flexibility index (Phi) is 11.3. The molecule has 0 saturated heterocycles. The molecule has 0 aliphatic rings. The predicted molar refractivity (Wildman–Crippen MR) is 225 cm³/mol. The van der Waals surface area contributed by atoms with Crippen LogP contribution in [0.15, 0.2) is 33.9 Å². The van der Waals surface area contributed by atoms with Crippen molar-refractivity contribution in [3.8, 4) is 0 Å². The molecule has 8 aromatic rings. The minimum atomic E-state index is -0.202. The molecule has 0 aliphatic carbocycles. The molecular weight excluding hydrogens is 753 g/mol. The summed E-state index contributed by atoms with van der Waals surface area (Å²) in [7, 11) is 0. The van der Waals surface area contributed by atoms with E-state index < -0.39 is 0 Å². The number of rotatable bonds is 20. The molecule has 0 radical (unpaired) electrons. The highest BCUT2D eigenvalue weighted by Crippen LogP contribution is 2.44. The summed E-state index contributed by atoms with van der Waals surface area (Å²) in [6.45, 7) is 5.32. The molecule has 0 fully saturated rings. The van der Waals surface area contributed by atoms with E-state index in [0.717, 1.165) is 76.3 Å². The summed E-state index contributed by atoms with van der Waals surface area (Å²) in [5.74, 6) is -0.404. The molecule has 55 heavy (non-hydrogen) atoms. The number of nitrogens with zero attached hydrogens (tertiary/aromatic N) is 4.